The fourth-order valence-corrected chi connectivity index (χ4v) is 2.84. The van der Waals surface area contributed by atoms with Crippen LogP contribution in [0.25, 0.3) is 0 Å². The molecule has 0 saturated carbocycles. The van der Waals surface area contributed by atoms with Crippen LogP contribution in [0.4, 0.5) is 0 Å². The van der Waals surface area contributed by atoms with E-state index < -0.39 is 0 Å². The molecule has 0 amide bonds. The average Bonchev–Trinajstić information content (AvgIpc) is 2.50. The quantitative estimate of drug-likeness (QED) is 0.691. The third-order valence-corrected chi connectivity index (χ3v) is 3.85. The highest BCUT2D eigenvalue weighted by molar-refractivity contribution is 5.28. The van der Waals surface area contributed by atoms with Gasteiger partial charge in [-0.1, -0.05) is 19.1 Å². The lowest BCUT2D eigenvalue weighted by molar-refractivity contribution is -0.0734. The molecule has 4 nitrogen and oxygen atoms in total. The molecule has 4 heteroatoms. The first-order chi connectivity index (χ1) is 10.7. The lowest BCUT2D eigenvalue weighted by Crippen LogP contribution is -2.46. The molecular formula is C18H29NO3. The van der Waals surface area contributed by atoms with Crippen LogP contribution in [-0.2, 0) is 15.9 Å². The molecule has 0 spiro atoms. The summed E-state index contributed by atoms with van der Waals surface area (Å²) in [5, 5.41) is 0. The predicted molar refractivity (Wildman–Crippen MR) is 88.6 cm³/mol. The van der Waals surface area contributed by atoms with E-state index in [0.29, 0.717) is 25.4 Å². The van der Waals surface area contributed by atoms with Gasteiger partial charge in [0.1, 0.15) is 12.4 Å². The smallest absolute Gasteiger partial charge is 0.119 e. The van der Waals surface area contributed by atoms with Crippen molar-refractivity contribution in [3.63, 3.8) is 0 Å². The van der Waals surface area contributed by atoms with Gasteiger partial charge >= 0.3 is 0 Å². The van der Waals surface area contributed by atoms with Crippen LogP contribution in [0.1, 0.15) is 26.3 Å². The molecule has 0 aliphatic carbocycles. The summed E-state index contributed by atoms with van der Waals surface area (Å²) in [6, 6.07) is 8.25. The number of morpholine rings is 1. The molecule has 2 rings (SSSR count). The van der Waals surface area contributed by atoms with E-state index in [1.807, 2.05) is 12.1 Å². The Bertz CT molecular complexity index is 428. The molecule has 22 heavy (non-hydrogen) atoms. The number of benzene rings is 1. The first-order valence-corrected chi connectivity index (χ1v) is 8.34. The summed E-state index contributed by atoms with van der Waals surface area (Å²) in [6.45, 7) is 11.3. The van der Waals surface area contributed by atoms with Crippen molar-refractivity contribution < 1.29 is 14.2 Å². The molecule has 1 fully saturated rings. The van der Waals surface area contributed by atoms with Gasteiger partial charge in [-0.05, 0) is 38.0 Å². The predicted octanol–water partition coefficient (Wildman–Crippen LogP) is 2.75. The molecule has 1 aliphatic rings. The van der Waals surface area contributed by atoms with Crippen molar-refractivity contribution in [1.82, 2.24) is 4.90 Å². The van der Waals surface area contributed by atoms with Gasteiger partial charge in [0.25, 0.3) is 0 Å². The van der Waals surface area contributed by atoms with E-state index in [2.05, 4.69) is 37.8 Å². The van der Waals surface area contributed by atoms with E-state index in [4.69, 9.17) is 14.2 Å². The zero-order valence-corrected chi connectivity index (χ0v) is 14.1. The maximum absolute atomic E-state index is 5.73. The Kier molecular flexibility index (Phi) is 7.16. The Balaban J connectivity index is 1.55. The van der Waals surface area contributed by atoms with Crippen LogP contribution in [0.3, 0.4) is 0 Å². The molecule has 124 valence electrons. The summed E-state index contributed by atoms with van der Waals surface area (Å²) < 4.78 is 17.1. The van der Waals surface area contributed by atoms with Crippen LogP contribution in [0.15, 0.2) is 24.3 Å². The molecule has 1 aromatic carbocycles. The third-order valence-electron chi connectivity index (χ3n) is 3.85. The minimum Gasteiger partial charge on any atom is -0.491 e. The summed E-state index contributed by atoms with van der Waals surface area (Å²) in [5.74, 6) is 0.929. The van der Waals surface area contributed by atoms with Crippen LogP contribution >= 0.6 is 0 Å². The number of rotatable bonds is 8. The Morgan fingerprint density at radius 3 is 2.64 bits per heavy atom. The van der Waals surface area contributed by atoms with Crippen molar-refractivity contribution in [3.05, 3.63) is 29.8 Å². The summed E-state index contributed by atoms with van der Waals surface area (Å²) in [4.78, 5) is 2.41. The van der Waals surface area contributed by atoms with Crippen LogP contribution in [0.2, 0.25) is 0 Å². The molecule has 0 radical (unpaired) electrons. The van der Waals surface area contributed by atoms with Gasteiger partial charge in [0.15, 0.2) is 0 Å². The third kappa shape index (κ3) is 5.95. The molecule has 2 atom stereocenters. The molecule has 0 aromatic heterocycles. The van der Waals surface area contributed by atoms with Crippen LogP contribution in [0.5, 0.6) is 5.75 Å². The van der Waals surface area contributed by atoms with Crippen molar-refractivity contribution in [2.75, 3.05) is 39.5 Å². The molecular weight excluding hydrogens is 278 g/mol. The van der Waals surface area contributed by atoms with Gasteiger partial charge < -0.3 is 14.2 Å². The Morgan fingerprint density at radius 1 is 1.14 bits per heavy atom. The molecule has 1 aromatic rings. The van der Waals surface area contributed by atoms with Crippen LogP contribution in [-0.4, -0.2) is 56.6 Å². The van der Waals surface area contributed by atoms with Gasteiger partial charge in [0.05, 0.1) is 25.4 Å². The summed E-state index contributed by atoms with van der Waals surface area (Å²) in [7, 11) is 0. The molecule has 1 heterocycles. The zero-order chi connectivity index (χ0) is 15.8. The first kappa shape index (κ1) is 17.3. The normalized spacial score (nSPS) is 22.7. The summed E-state index contributed by atoms with van der Waals surface area (Å²) in [5.41, 5.74) is 1.30. The molecule has 1 aliphatic heterocycles. The molecule has 1 saturated heterocycles. The Hall–Kier alpha value is -1.10. The molecule has 0 bridgehead atoms. The lowest BCUT2D eigenvalue weighted by atomic mass is 10.2. The fourth-order valence-electron chi connectivity index (χ4n) is 2.84. The number of ether oxygens (including phenoxy) is 3. The van der Waals surface area contributed by atoms with E-state index in [1.54, 1.807) is 0 Å². The maximum Gasteiger partial charge on any atom is 0.119 e. The maximum atomic E-state index is 5.73. The number of hydrogen-bond donors (Lipinski definition) is 0. The van der Waals surface area contributed by atoms with Crippen molar-refractivity contribution in [2.24, 2.45) is 0 Å². The van der Waals surface area contributed by atoms with Crippen LogP contribution in [0, 0.1) is 0 Å². The highest BCUT2D eigenvalue weighted by Crippen LogP contribution is 2.13. The van der Waals surface area contributed by atoms with Crippen molar-refractivity contribution in [3.8, 4) is 5.75 Å². The van der Waals surface area contributed by atoms with E-state index in [1.165, 1.54) is 5.56 Å². The standard InChI is InChI=1S/C18H29NO3/c1-4-17-6-5-7-18(12-17)21-11-10-20-9-8-19-13-15(2)22-16(3)14-19/h5-7,12,15-16H,4,8-11,13-14H2,1-3H3/t15-,16+. The van der Waals surface area contributed by atoms with Gasteiger partial charge in [0.2, 0.25) is 0 Å². The zero-order valence-electron chi connectivity index (χ0n) is 14.1. The first-order valence-electron chi connectivity index (χ1n) is 8.34. The number of aryl methyl sites for hydroxylation is 1. The van der Waals surface area contributed by atoms with Gasteiger partial charge in [0, 0.05) is 19.6 Å². The summed E-state index contributed by atoms with van der Waals surface area (Å²) in [6.07, 6.45) is 1.67. The largest absolute Gasteiger partial charge is 0.491 e. The van der Waals surface area contributed by atoms with Crippen molar-refractivity contribution in [2.45, 2.75) is 39.4 Å². The van der Waals surface area contributed by atoms with E-state index in [9.17, 15) is 0 Å². The van der Waals surface area contributed by atoms with Gasteiger partial charge in [-0.15, -0.1) is 0 Å². The molecule has 0 N–H and O–H groups in total. The van der Waals surface area contributed by atoms with Crippen molar-refractivity contribution >= 4 is 0 Å². The fraction of sp³-hybridized carbons (Fsp3) is 0.667. The average molecular weight is 307 g/mol. The SMILES string of the molecule is CCc1cccc(OCCOCCN2C[C@@H](C)O[C@@H](C)C2)c1. The molecule has 0 unspecified atom stereocenters. The van der Waals surface area contributed by atoms with E-state index in [-0.39, 0.29) is 0 Å². The monoisotopic (exact) mass is 307 g/mol. The second-order valence-electron chi connectivity index (χ2n) is 5.98. The van der Waals surface area contributed by atoms with Gasteiger partial charge in [-0.3, -0.25) is 4.90 Å². The Labute approximate surface area is 134 Å². The topological polar surface area (TPSA) is 30.9 Å². The van der Waals surface area contributed by atoms with Gasteiger partial charge in [-0.2, -0.15) is 0 Å². The number of hydrogen-bond acceptors (Lipinski definition) is 4. The summed E-state index contributed by atoms with van der Waals surface area (Å²) >= 11 is 0. The Morgan fingerprint density at radius 2 is 1.91 bits per heavy atom. The van der Waals surface area contributed by atoms with Gasteiger partial charge in [-0.25, -0.2) is 0 Å². The highest BCUT2D eigenvalue weighted by Gasteiger charge is 2.21. The second kappa shape index (κ2) is 9.13. The number of nitrogens with zero attached hydrogens (tertiary/aromatic N) is 1. The van der Waals surface area contributed by atoms with Crippen molar-refractivity contribution in [1.29, 1.82) is 0 Å². The lowest BCUT2D eigenvalue weighted by Gasteiger charge is -2.35. The minimum absolute atomic E-state index is 0.318. The van der Waals surface area contributed by atoms with Crippen LogP contribution < -0.4 is 4.74 Å². The second-order valence-corrected chi connectivity index (χ2v) is 5.98. The highest BCUT2D eigenvalue weighted by atomic mass is 16.5. The minimum atomic E-state index is 0.318. The van der Waals surface area contributed by atoms with E-state index in [0.717, 1.165) is 38.4 Å². The van der Waals surface area contributed by atoms with E-state index >= 15 is 0 Å².